The van der Waals surface area contributed by atoms with Crippen LogP contribution in [0.15, 0.2) is 65.6 Å². The molecule has 0 saturated carbocycles. The second kappa shape index (κ2) is 14.6. The summed E-state index contributed by atoms with van der Waals surface area (Å²) in [7, 11) is 1.56. The number of nitrogens with zero attached hydrogens (tertiary/aromatic N) is 1. The van der Waals surface area contributed by atoms with Gasteiger partial charge < -0.3 is 24.8 Å². The van der Waals surface area contributed by atoms with E-state index in [2.05, 4.69) is 4.72 Å². The van der Waals surface area contributed by atoms with Gasteiger partial charge in [0.25, 0.3) is 10.0 Å². The van der Waals surface area contributed by atoms with Crippen molar-refractivity contribution in [2.24, 2.45) is 5.73 Å². The second-order valence-electron chi connectivity index (χ2n) is 9.51. The number of anilines is 1. The number of methoxy groups -OCH3 is 1. The summed E-state index contributed by atoms with van der Waals surface area (Å²) in [6, 6.07) is 16.2. The molecule has 40 heavy (non-hydrogen) atoms. The number of primary amides is 1. The zero-order valence-corrected chi connectivity index (χ0v) is 23.8. The van der Waals surface area contributed by atoms with Crippen molar-refractivity contribution in [3.63, 3.8) is 0 Å². The van der Waals surface area contributed by atoms with E-state index in [0.717, 1.165) is 17.7 Å². The number of rotatable bonds is 16. The second-order valence-corrected chi connectivity index (χ2v) is 11.2. The van der Waals surface area contributed by atoms with Crippen LogP contribution in [0.4, 0.5) is 10.1 Å². The van der Waals surface area contributed by atoms with Gasteiger partial charge in [-0.05, 0) is 80.4 Å². The first-order valence-corrected chi connectivity index (χ1v) is 14.3. The van der Waals surface area contributed by atoms with E-state index in [9.17, 15) is 17.6 Å². The molecule has 11 heteroatoms. The molecular weight excluding hydrogens is 537 g/mol. The first kappa shape index (κ1) is 30.9. The van der Waals surface area contributed by atoms with E-state index in [1.165, 1.54) is 13.2 Å². The average molecular weight is 574 g/mol. The zero-order valence-electron chi connectivity index (χ0n) is 23.0. The van der Waals surface area contributed by atoms with Gasteiger partial charge in [-0.1, -0.05) is 24.3 Å². The number of halogens is 1. The van der Waals surface area contributed by atoms with Gasteiger partial charge in [0, 0.05) is 12.6 Å². The minimum absolute atomic E-state index is 0.122. The highest BCUT2D eigenvalue weighted by Gasteiger charge is 2.16. The van der Waals surface area contributed by atoms with Gasteiger partial charge in [-0.2, -0.15) is 0 Å². The van der Waals surface area contributed by atoms with Crippen LogP contribution >= 0.6 is 0 Å². The lowest BCUT2D eigenvalue weighted by atomic mass is 10.0. The zero-order chi connectivity index (χ0) is 29.1. The lowest BCUT2D eigenvalue weighted by Crippen LogP contribution is -2.19. The Bertz CT molecular complexity index is 1380. The summed E-state index contributed by atoms with van der Waals surface area (Å²) in [5.74, 6) is 0.0812. The fourth-order valence-electron chi connectivity index (χ4n) is 3.90. The standard InChI is InChI=1S/C29H36FN3O6S/c1-33(2)15-16-39-27-14-10-24(18-28(27)37-3)32-40(35,36)25-11-7-21(8-12-25)5-4-6-23-17-22(9-13-26(23)30)19-38-20-29(31)34/h7-14,17-18,32H,4-6,15-16,19-20H2,1-3H3,(H2,31,34). The molecule has 0 radical (unpaired) electrons. The maximum atomic E-state index is 14.3. The van der Waals surface area contributed by atoms with Crippen molar-refractivity contribution in [1.82, 2.24) is 4.90 Å². The van der Waals surface area contributed by atoms with Crippen LogP contribution in [0.25, 0.3) is 0 Å². The highest BCUT2D eigenvalue weighted by atomic mass is 32.2. The number of ether oxygens (including phenoxy) is 3. The maximum absolute atomic E-state index is 14.3. The normalized spacial score (nSPS) is 11.4. The van der Waals surface area contributed by atoms with Gasteiger partial charge in [0.15, 0.2) is 11.5 Å². The molecule has 0 spiro atoms. The highest BCUT2D eigenvalue weighted by Crippen LogP contribution is 2.31. The molecule has 0 aliphatic carbocycles. The van der Waals surface area contributed by atoms with Crippen LogP contribution in [0.3, 0.4) is 0 Å². The number of nitrogens with one attached hydrogen (secondary N) is 1. The molecule has 0 aliphatic rings. The van der Waals surface area contributed by atoms with E-state index in [4.69, 9.17) is 19.9 Å². The highest BCUT2D eigenvalue weighted by molar-refractivity contribution is 7.92. The topological polar surface area (TPSA) is 120 Å². The van der Waals surface area contributed by atoms with Crippen molar-refractivity contribution in [2.45, 2.75) is 30.8 Å². The number of carbonyl (C=O) groups excluding carboxylic acids is 1. The fraction of sp³-hybridized carbons (Fsp3) is 0.345. The number of hydrogen-bond donors (Lipinski definition) is 2. The molecule has 0 saturated heterocycles. The minimum atomic E-state index is -3.83. The Balaban J connectivity index is 1.56. The van der Waals surface area contributed by atoms with Gasteiger partial charge in [0.1, 0.15) is 19.0 Å². The predicted octanol–water partition coefficient (Wildman–Crippen LogP) is 3.75. The molecule has 0 aromatic heterocycles. The Morgan fingerprint density at radius 3 is 2.38 bits per heavy atom. The number of hydrogen-bond acceptors (Lipinski definition) is 7. The van der Waals surface area contributed by atoms with Gasteiger partial charge in [0.2, 0.25) is 5.91 Å². The largest absolute Gasteiger partial charge is 0.493 e. The number of benzene rings is 3. The van der Waals surface area contributed by atoms with Crippen molar-refractivity contribution in [2.75, 3.05) is 45.7 Å². The minimum Gasteiger partial charge on any atom is -0.493 e. The van der Waals surface area contributed by atoms with Gasteiger partial charge in [0.05, 0.1) is 24.3 Å². The van der Waals surface area contributed by atoms with E-state index >= 15 is 0 Å². The average Bonchev–Trinajstić information content (AvgIpc) is 2.90. The molecule has 3 N–H and O–H groups in total. The van der Waals surface area contributed by atoms with Crippen LogP contribution in [0.5, 0.6) is 11.5 Å². The number of aryl methyl sites for hydroxylation is 2. The third-order valence-electron chi connectivity index (χ3n) is 5.98. The van der Waals surface area contributed by atoms with Gasteiger partial charge in [-0.15, -0.1) is 0 Å². The van der Waals surface area contributed by atoms with E-state index < -0.39 is 15.9 Å². The first-order chi connectivity index (χ1) is 19.1. The molecule has 3 rings (SSSR count). The molecule has 0 unspecified atom stereocenters. The van der Waals surface area contributed by atoms with E-state index in [-0.39, 0.29) is 23.9 Å². The Labute approximate surface area is 235 Å². The molecule has 0 fully saturated rings. The van der Waals surface area contributed by atoms with Crippen LogP contribution in [0.2, 0.25) is 0 Å². The maximum Gasteiger partial charge on any atom is 0.261 e. The predicted molar refractivity (Wildman–Crippen MR) is 152 cm³/mol. The van der Waals surface area contributed by atoms with Crippen molar-refractivity contribution >= 4 is 21.6 Å². The van der Waals surface area contributed by atoms with E-state index in [1.54, 1.807) is 54.6 Å². The van der Waals surface area contributed by atoms with Crippen molar-refractivity contribution < 1.29 is 31.8 Å². The van der Waals surface area contributed by atoms with Crippen molar-refractivity contribution in [3.05, 3.63) is 83.2 Å². The van der Waals surface area contributed by atoms with Gasteiger partial charge >= 0.3 is 0 Å². The quantitative estimate of drug-likeness (QED) is 0.268. The molecule has 3 aromatic rings. The molecule has 1 amide bonds. The third-order valence-corrected chi connectivity index (χ3v) is 7.38. The number of carbonyl (C=O) groups is 1. The number of amides is 1. The van der Waals surface area contributed by atoms with Crippen LogP contribution in [0, 0.1) is 5.82 Å². The molecule has 0 bridgehead atoms. The van der Waals surface area contributed by atoms with Crippen LogP contribution in [0.1, 0.15) is 23.1 Å². The van der Waals surface area contributed by atoms with Crippen molar-refractivity contribution in [3.8, 4) is 11.5 Å². The lowest BCUT2D eigenvalue weighted by Gasteiger charge is -2.15. The fourth-order valence-corrected chi connectivity index (χ4v) is 4.95. The molecule has 3 aromatic carbocycles. The smallest absolute Gasteiger partial charge is 0.261 e. The monoisotopic (exact) mass is 573 g/mol. The van der Waals surface area contributed by atoms with Crippen molar-refractivity contribution in [1.29, 1.82) is 0 Å². The SMILES string of the molecule is COc1cc(NS(=O)(=O)c2ccc(CCCc3cc(COCC(N)=O)ccc3F)cc2)ccc1OCCN(C)C. The van der Waals surface area contributed by atoms with E-state index in [1.807, 2.05) is 19.0 Å². The Kier molecular flexibility index (Phi) is 11.3. The summed E-state index contributed by atoms with van der Waals surface area (Å²) in [5.41, 5.74) is 7.65. The van der Waals surface area contributed by atoms with Crippen LogP contribution in [-0.4, -0.2) is 60.2 Å². The summed E-state index contributed by atoms with van der Waals surface area (Å²) in [6.07, 6.45) is 1.80. The molecular formula is C29H36FN3O6S. The number of likely N-dealkylation sites (N-methyl/N-ethyl adjacent to an activating group) is 1. The third kappa shape index (κ3) is 9.51. The van der Waals surface area contributed by atoms with E-state index in [0.29, 0.717) is 48.6 Å². The number of sulfonamides is 1. The Morgan fingerprint density at radius 1 is 0.975 bits per heavy atom. The van der Waals surface area contributed by atoms with Gasteiger partial charge in [-0.25, -0.2) is 12.8 Å². The molecule has 216 valence electrons. The summed E-state index contributed by atoms with van der Waals surface area (Å²) in [5, 5.41) is 0. The van der Waals surface area contributed by atoms with Gasteiger partial charge in [-0.3, -0.25) is 9.52 Å². The summed E-state index contributed by atoms with van der Waals surface area (Å²) >= 11 is 0. The molecule has 9 nitrogen and oxygen atoms in total. The first-order valence-electron chi connectivity index (χ1n) is 12.8. The van der Waals surface area contributed by atoms with Crippen LogP contribution < -0.4 is 19.9 Å². The summed E-state index contributed by atoms with van der Waals surface area (Å²) in [6.45, 7) is 1.17. The summed E-state index contributed by atoms with van der Waals surface area (Å²) < 4.78 is 59.1. The Hall–Kier alpha value is -3.67. The number of nitrogens with two attached hydrogens (primary N) is 1. The molecule has 0 heterocycles. The molecule has 0 aliphatic heterocycles. The Morgan fingerprint density at radius 2 is 1.70 bits per heavy atom. The van der Waals surface area contributed by atoms with Crippen LogP contribution in [-0.2, 0) is 39.0 Å². The summed E-state index contributed by atoms with van der Waals surface area (Å²) in [4.78, 5) is 12.9. The lowest BCUT2D eigenvalue weighted by molar-refractivity contribution is -0.122. The molecule has 0 atom stereocenters.